The lowest BCUT2D eigenvalue weighted by Crippen LogP contribution is -2.11. The van der Waals surface area contributed by atoms with Crippen LogP contribution in [-0.4, -0.2) is 23.0 Å². The molecule has 2 heterocycles. The average Bonchev–Trinajstić information content (AvgIpc) is 2.46. The first-order chi connectivity index (χ1) is 9.19. The van der Waals surface area contributed by atoms with Crippen LogP contribution in [0.3, 0.4) is 0 Å². The number of ether oxygens (including phenoxy) is 1. The highest BCUT2D eigenvalue weighted by Gasteiger charge is 2.01. The number of aromatic nitrogens is 2. The fourth-order valence-corrected chi connectivity index (χ4v) is 1.47. The summed E-state index contributed by atoms with van der Waals surface area (Å²) in [5, 5.41) is 3.12. The van der Waals surface area contributed by atoms with Gasteiger partial charge in [0.1, 0.15) is 5.82 Å². The molecular weight excluding hydrogens is 244 g/mol. The third-order valence-corrected chi connectivity index (χ3v) is 2.53. The average molecular weight is 258 g/mol. The second-order valence-electron chi connectivity index (χ2n) is 3.86. The Bertz CT molecular complexity index is 552. The van der Waals surface area contributed by atoms with Crippen LogP contribution >= 0.6 is 0 Å². The Morgan fingerprint density at radius 3 is 2.63 bits per heavy atom. The molecule has 6 heteroatoms. The lowest BCUT2D eigenvalue weighted by Gasteiger charge is -2.06. The van der Waals surface area contributed by atoms with Crippen molar-refractivity contribution in [1.29, 1.82) is 0 Å². The number of amides is 1. The highest BCUT2D eigenvalue weighted by Crippen LogP contribution is 2.09. The zero-order chi connectivity index (χ0) is 13.7. The van der Waals surface area contributed by atoms with E-state index in [0.29, 0.717) is 23.8 Å². The molecular formula is C13H14N4O2. The van der Waals surface area contributed by atoms with Gasteiger partial charge < -0.3 is 15.8 Å². The van der Waals surface area contributed by atoms with Crippen molar-refractivity contribution in [2.75, 3.05) is 12.4 Å². The molecule has 0 saturated heterocycles. The highest BCUT2D eigenvalue weighted by atomic mass is 16.5. The van der Waals surface area contributed by atoms with Crippen molar-refractivity contribution in [2.24, 2.45) is 5.73 Å². The molecule has 0 radical (unpaired) electrons. The third-order valence-electron chi connectivity index (χ3n) is 2.53. The van der Waals surface area contributed by atoms with Crippen LogP contribution in [0.25, 0.3) is 0 Å². The Morgan fingerprint density at radius 2 is 2.11 bits per heavy atom. The monoisotopic (exact) mass is 258 g/mol. The molecule has 2 rings (SSSR count). The van der Waals surface area contributed by atoms with Crippen LogP contribution in [0.1, 0.15) is 15.9 Å². The van der Waals surface area contributed by atoms with E-state index in [1.807, 2.05) is 6.07 Å². The summed E-state index contributed by atoms with van der Waals surface area (Å²) in [6, 6.07) is 7.04. The quantitative estimate of drug-likeness (QED) is 0.840. The number of pyridine rings is 2. The molecule has 2 aromatic rings. The van der Waals surface area contributed by atoms with Crippen LogP contribution in [0.5, 0.6) is 5.88 Å². The maximum atomic E-state index is 10.9. The first kappa shape index (κ1) is 12.8. The molecule has 0 aromatic carbocycles. The molecule has 0 aliphatic carbocycles. The van der Waals surface area contributed by atoms with E-state index in [-0.39, 0.29) is 0 Å². The van der Waals surface area contributed by atoms with Crippen molar-refractivity contribution in [2.45, 2.75) is 6.54 Å². The summed E-state index contributed by atoms with van der Waals surface area (Å²) in [7, 11) is 1.57. The number of primary amides is 1. The third kappa shape index (κ3) is 3.41. The predicted molar refractivity (Wildman–Crippen MR) is 70.9 cm³/mol. The largest absolute Gasteiger partial charge is 0.481 e. The van der Waals surface area contributed by atoms with Crippen LogP contribution in [0.4, 0.5) is 5.82 Å². The number of nitrogens with zero attached hydrogens (tertiary/aromatic N) is 2. The van der Waals surface area contributed by atoms with E-state index in [0.717, 1.165) is 5.56 Å². The van der Waals surface area contributed by atoms with Crippen LogP contribution in [-0.2, 0) is 6.54 Å². The Labute approximate surface area is 110 Å². The minimum atomic E-state index is -0.488. The molecule has 6 nitrogen and oxygen atoms in total. The van der Waals surface area contributed by atoms with Crippen molar-refractivity contribution >= 4 is 11.7 Å². The number of hydrogen-bond acceptors (Lipinski definition) is 5. The van der Waals surface area contributed by atoms with Gasteiger partial charge in [-0.25, -0.2) is 9.97 Å². The van der Waals surface area contributed by atoms with Gasteiger partial charge in [0.05, 0.1) is 12.7 Å². The molecule has 0 saturated carbocycles. The topological polar surface area (TPSA) is 90.1 Å². The molecule has 19 heavy (non-hydrogen) atoms. The highest BCUT2D eigenvalue weighted by molar-refractivity contribution is 5.92. The SMILES string of the molecule is COc1ccc(CNc2ccc(C(N)=O)cn2)cn1. The van der Waals surface area contributed by atoms with Gasteiger partial charge in [-0.05, 0) is 17.7 Å². The minimum absolute atomic E-state index is 0.386. The number of carbonyl (C=O) groups is 1. The van der Waals surface area contributed by atoms with Crippen LogP contribution in [0, 0.1) is 0 Å². The van der Waals surface area contributed by atoms with Crippen molar-refractivity contribution in [1.82, 2.24) is 9.97 Å². The van der Waals surface area contributed by atoms with Crippen molar-refractivity contribution in [3.8, 4) is 5.88 Å². The Balaban J connectivity index is 1.95. The van der Waals surface area contributed by atoms with E-state index in [2.05, 4.69) is 15.3 Å². The predicted octanol–water partition coefficient (Wildman–Crippen LogP) is 1.20. The van der Waals surface area contributed by atoms with Gasteiger partial charge in [0.15, 0.2) is 0 Å². The van der Waals surface area contributed by atoms with Crippen LogP contribution in [0.2, 0.25) is 0 Å². The van der Waals surface area contributed by atoms with Crippen LogP contribution < -0.4 is 15.8 Å². The number of rotatable bonds is 5. The zero-order valence-electron chi connectivity index (χ0n) is 10.5. The molecule has 0 unspecified atom stereocenters. The zero-order valence-corrected chi connectivity index (χ0v) is 10.5. The molecule has 0 fully saturated rings. The maximum absolute atomic E-state index is 10.9. The van der Waals surface area contributed by atoms with Crippen molar-refractivity contribution in [3.05, 3.63) is 47.8 Å². The molecule has 0 atom stereocenters. The first-order valence-corrected chi connectivity index (χ1v) is 5.67. The number of methoxy groups -OCH3 is 1. The summed E-state index contributed by atoms with van der Waals surface area (Å²) in [6.07, 6.45) is 3.17. The Hall–Kier alpha value is -2.63. The molecule has 1 amide bonds. The Kier molecular flexibility index (Phi) is 3.92. The van der Waals surface area contributed by atoms with E-state index in [1.54, 1.807) is 31.5 Å². The minimum Gasteiger partial charge on any atom is -0.481 e. The van der Waals surface area contributed by atoms with Gasteiger partial charge >= 0.3 is 0 Å². The normalized spacial score (nSPS) is 9.95. The fourth-order valence-electron chi connectivity index (χ4n) is 1.47. The second kappa shape index (κ2) is 5.81. The number of nitrogens with two attached hydrogens (primary N) is 1. The smallest absolute Gasteiger partial charge is 0.250 e. The molecule has 0 aliphatic heterocycles. The second-order valence-corrected chi connectivity index (χ2v) is 3.86. The summed E-state index contributed by atoms with van der Waals surface area (Å²) in [6.45, 7) is 0.583. The first-order valence-electron chi connectivity index (χ1n) is 5.67. The molecule has 0 bridgehead atoms. The van der Waals surface area contributed by atoms with E-state index < -0.39 is 5.91 Å². The Morgan fingerprint density at radius 1 is 1.26 bits per heavy atom. The van der Waals surface area contributed by atoms with Gasteiger partial charge in [-0.2, -0.15) is 0 Å². The van der Waals surface area contributed by atoms with Gasteiger partial charge in [-0.1, -0.05) is 6.07 Å². The van der Waals surface area contributed by atoms with E-state index in [4.69, 9.17) is 10.5 Å². The summed E-state index contributed by atoms with van der Waals surface area (Å²) in [5.41, 5.74) is 6.52. The molecule has 3 N–H and O–H groups in total. The van der Waals surface area contributed by atoms with Gasteiger partial charge in [-0.3, -0.25) is 4.79 Å². The maximum Gasteiger partial charge on any atom is 0.250 e. The number of nitrogens with one attached hydrogen (secondary N) is 1. The van der Waals surface area contributed by atoms with Gasteiger partial charge in [0, 0.05) is 25.0 Å². The molecule has 0 spiro atoms. The van der Waals surface area contributed by atoms with Gasteiger partial charge in [0.25, 0.3) is 0 Å². The van der Waals surface area contributed by atoms with Crippen molar-refractivity contribution in [3.63, 3.8) is 0 Å². The summed E-state index contributed by atoms with van der Waals surface area (Å²) >= 11 is 0. The van der Waals surface area contributed by atoms with E-state index in [1.165, 1.54) is 6.20 Å². The standard InChI is InChI=1S/C13H14N4O2/c1-19-12-5-2-9(7-17-12)6-15-11-4-3-10(8-16-11)13(14)18/h2-5,7-8H,6H2,1H3,(H2,14,18)(H,15,16). The summed E-state index contributed by atoms with van der Waals surface area (Å²) < 4.78 is 4.98. The number of anilines is 1. The molecule has 0 aliphatic rings. The van der Waals surface area contributed by atoms with E-state index in [9.17, 15) is 4.79 Å². The fraction of sp³-hybridized carbons (Fsp3) is 0.154. The van der Waals surface area contributed by atoms with Gasteiger partial charge in [0.2, 0.25) is 11.8 Å². The lowest BCUT2D eigenvalue weighted by molar-refractivity contribution is 0.1000. The summed E-state index contributed by atoms with van der Waals surface area (Å²) in [4.78, 5) is 19.1. The number of carbonyl (C=O) groups excluding carboxylic acids is 1. The van der Waals surface area contributed by atoms with E-state index >= 15 is 0 Å². The molecule has 2 aromatic heterocycles. The number of hydrogen-bond donors (Lipinski definition) is 2. The van der Waals surface area contributed by atoms with Crippen molar-refractivity contribution < 1.29 is 9.53 Å². The van der Waals surface area contributed by atoms with Crippen LogP contribution in [0.15, 0.2) is 36.7 Å². The summed E-state index contributed by atoms with van der Waals surface area (Å²) in [5.74, 6) is 0.756. The molecule has 98 valence electrons. The van der Waals surface area contributed by atoms with Gasteiger partial charge in [-0.15, -0.1) is 0 Å². The lowest BCUT2D eigenvalue weighted by atomic mass is 10.2.